The molecule has 2 aliphatic rings. The van der Waals surface area contributed by atoms with Gasteiger partial charge < -0.3 is 24.8 Å². The minimum atomic E-state index is -2.80. The van der Waals surface area contributed by atoms with E-state index in [9.17, 15) is 0 Å². The standard InChI is InChI=1S/C13H9.C13H10.C11H11O2.2ClH.Zr/c1-3-7-12-10(5-1)9-11-6-2-4-8-13(11)12;1-3-7-12(8-4-1)11-13-9-5-2-6-10-13;1-12-10-6-8-4-3-5-9(8)7-11(10)13-2;;;/h1-5,7-8H,9H2;1-10H;3-7H,1-2H3;2*1H;/q;;;;;+2/p-2. The minimum Gasteiger partial charge on any atom is -1.00 e. The first-order valence-corrected chi connectivity index (χ1v) is 17.6. The first-order chi connectivity index (χ1) is 19.8. The fourth-order valence-corrected chi connectivity index (χ4v) is 15.1. The third kappa shape index (κ3) is 5.24. The van der Waals surface area contributed by atoms with Gasteiger partial charge in [0.25, 0.3) is 0 Å². The molecule has 0 saturated heterocycles. The minimum absolute atomic E-state index is 0. The smallest absolute Gasteiger partial charge is 1.00 e. The van der Waals surface area contributed by atoms with Gasteiger partial charge in [-0.05, 0) is 0 Å². The molecule has 0 saturated carbocycles. The second-order valence-corrected chi connectivity index (χ2v) is 16.5. The van der Waals surface area contributed by atoms with E-state index in [-0.39, 0.29) is 24.8 Å². The van der Waals surface area contributed by atoms with Crippen molar-refractivity contribution >= 4 is 12.6 Å². The van der Waals surface area contributed by atoms with Crippen LogP contribution in [0.5, 0.6) is 11.5 Å². The van der Waals surface area contributed by atoms with Crippen molar-refractivity contribution in [3.8, 4) is 22.6 Å². The molecule has 0 spiro atoms. The molecule has 0 amide bonds. The van der Waals surface area contributed by atoms with E-state index in [0.29, 0.717) is 3.63 Å². The van der Waals surface area contributed by atoms with Crippen molar-refractivity contribution < 1.29 is 55.6 Å². The van der Waals surface area contributed by atoms with Gasteiger partial charge in [0.05, 0.1) is 0 Å². The summed E-state index contributed by atoms with van der Waals surface area (Å²) in [7, 11) is 3.44. The van der Waals surface area contributed by atoms with Crippen LogP contribution in [0.15, 0.2) is 121 Å². The van der Waals surface area contributed by atoms with Crippen molar-refractivity contribution in [2.24, 2.45) is 0 Å². The van der Waals surface area contributed by atoms with Gasteiger partial charge >= 0.3 is 245 Å². The van der Waals surface area contributed by atoms with Crippen LogP contribution in [-0.2, 0) is 27.7 Å². The van der Waals surface area contributed by atoms with Crippen molar-refractivity contribution in [2.75, 3.05) is 14.2 Å². The summed E-state index contributed by atoms with van der Waals surface area (Å²) >= 11 is -2.80. The fourth-order valence-electron chi connectivity index (χ4n) is 6.43. The molecule has 0 bridgehead atoms. The van der Waals surface area contributed by atoms with E-state index >= 15 is 0 Å². The molecule has 0 heterocycles. The molecule has 0 fully saturated rings. The van der Waals surface area contributed by atoms with Gasteiger partial charge in [-0.15, -0.1) is 0 Å². The number of methoxy groups -OCH3 is 2. The maximum absolute atomic E-state index is 5.80. The van der Waals surface area contributed by atoms with Gasteiger partial charge in [-0.25, -0.2) is 0 Å². The molecule has 5 aromatic carbocycles. The van der Waals surface area contributed by atoms with Crippen molar-refractivity contribution in [2.45, 2.75) is 10.0 Å². The Bertz CT molecular complexity index is 1750. The number of fused-ring (bicyclic) bond motifs is 4. The number of benzene rings is 5. The molecule has 1 atom stereocenters. The molecule has 5 aromatic rings. The number of rotatable bonds is 6. The van der Waals surface area contributed by atoms with E-state index in [1.807, 2.05) is 0 Å². The second kappa shape index (κ2) is 13.0. The van der Waals surface area contributed by atoms with Gasteiger partial charge in [0.2, 0.25) is 0 Å². The Balaban J connectivity index is 0.00000176. The second-order valence-electron chi connectivity index (χ2n) is 10.4. The predicted octanol–water partition coefficient (Wildman–Crippen LogP) is 1.56. The van der Waals surface area contributed by atoms with E-state index in [1.165, 1.54) is 47.7 Å². The Morgan fingerprint density at radius 1 is 0.667 bits per heavy atom. The Morgan fingerprint density at radius 3 is 1.93 bits per heavy atom. The summed E-state index contributed by atoms with van der Waals surface area (Å²) in [6, 6.07) is 42.5. The van der Waals surface area contributed by atoms with Crippen LogP contribution < -0.4 is 37.6 Å². The Kier molecular flexibility index (Phi) is 9.33. The molecular weight excluding hydrogens is 639 g/mol. The summed E-state index contributed by atoms with van der Waals surface area (Å²) in [4.78, 5) is 0. The first kappa shape index (κ1) is 30.2. The van der Waals surface area contributed by atoms with Gasteiger partial charge in [-0.2, -0.15) is 0 Å². The molecule has 1 unspecified atom stereocenters. The van der Waals surface area contributed by atoms with Crippen LogP contribution in [0, 0.1) is 0 Å². The third-order valence-electron chi connectivity index (χ3n) is 8.24. The van der Waals surface area contributed by atoms with Gasteiger partial charge in [0.15, 0.2) is 0 Å². The molecule has 7 rings (SSSR count). The van der Waals surface area contributed by atoms with E-state index in [4.69, 9.17) is 9.47 Å². The van der Waals surface area contributed by atoms with Crippen LogP contribution >= 0.6 is 0 Å². The molecule has 2 nitrogen and oxygen atoms in total. The molecule has 0 radical (unpaired) electrons. The van der Waals surface area contributed by atoms with Gasteiger partial charge in [-0.3, -0.25) is 0 Å². The number of ether oxygens (including phenoxy) is 2. The summed E-state index contributed by atoms with van der Waals surface area (Å²) in [5, 5.41) is 0. The zero-order chi connectivity index (χ0) is 27.1. The number of allylic oxidation sites excluding steroid dienone is 1. The molecule has 0 aromatic heterocycles. The fraction of sp³-hybridized carbons (Fsp3) is 0.108. The molecule has 0 N–H and O–H groups in total. The van der Waals surface area contributed by atoms with Crippen molar-refractivity contribution in [1.82, 2.24) is 0 Å². The Morgan fingerprint density at radius 2 is 1.26 bits per heavy atom. The summed E-state index contributed by atoms with van der Waals surface area (Å²) in [5.74, 6) is 1.58. The SMILES string of the molecule is COc1cc2c(cc1OC)[CH]([Zr+2](=[C](c1ccccc1)c1ccccc1)[c]1cccc3c1Cc1ccccc1-3)C=C2.[Cl-].[Cl-]. The normalized spacial score (nSPS) is 13.4. The summed E-state index contributed by atoms with van der Waals surface area (Å²) < 4.78 is 14.9. The monoisotopic (exact) mass is 666 g/mol. The first-order valence-electron chi connectivity index (χ1n) is 13.8. The van der Waals surface area contributed by atoms with Crippen molar-refractivity contribution in [1.29, 1.82) is 0 Å². The molecule has 0 aliphatic heterocycles. The van der Waals surface area contributed by atoms with Crippen molar-refractivity contribution in [3.63, 3.8) is 0 Å². The average Bonchev–Trinajstić information content (AvgIpc) is 3.61. The number of hydrogen-bond donors (Lipinski definition) is 0. The summed E-state index contributed by atoms with van der Waals surface area (Å²) in [5.41, 5.74) is 11.0. The topological polar surface area (TPSA) is 18.5 Å². The maximum atomic E-state index is 5.80. The molecule has 5 heteroatoms. The summed E-state index contributed by atoms with van der Waals surface area (Å²) in [6.45, 7) is 0. The van der Waals surface area contributed by atoms with Crippen molar-refractivity contribution in [3.05, 3.63) is 155 Å². The van der Waals surface area contributed by atoms with Gasteiger partial charge in [0, 0.05) is 0 Å². The van der Waals surface area contributed by atoms with Crippen LogP contribution in [0.3, 0.4) is 0 Å². The zero-order valence-corrected chi connectivity index (χ0v) is 27.5. The molecule has 42 heavy (non-hydrogen) atoms. The number of hydrogen-bond acceptors (Lipinski definition) is 2. The van der Waals surface area contributed by atoms with Crippen LogP contribution in [0.1, 0.15) is 37.0 Å². The molecular formula is C37H30Cl2O2Zr. The van der Waals surface area contributed by atoms with Crippen LogP contribution in [0.4, 0.5) is 0 Å². The van der Waals surface area contributed by atoms with Crippen LogP contribution in [0.2, 0.25) is 0 Å². The Labute approximate surface area is 268 Å². The largest absolute Gasteiger partial charge is 1.00 e. The quantitative estimate of drug-likeness (QED) is 0.269. The third-order valence-corrected chi connectivity index (χ3v) is 16.3. The predicted molar refractivity (Wildman–Crippen MR) is 162 cm³/mol. The van der Waals surface area contributed by atoms with Gasteiger partial charge in [-0.1, -0.05) is 0 Å². The molecule has 208 valence electrons. The number of halogens is 2. The summed E-state index contributed by atoms with van der Waals surface area (Å²) in [6.07, 6.45) is 5.76. The van der Waals surface area contributed by atoms with Crippen LogP contribution in [0.25, 0.3) is 17.2 Å². The molecule has 2 aliphatic carbocycles. The van der Waals surface area contributed by atoms with Gasteiger partial charge in [0.1, 0.15) is 0 Å². The zero-order valence-electron chi connectivity index (χ0n) is 23.5. The maximum Gasteiger partial charge on any atom is -1.00 e. The van der Waals surface area contributed by atoms with E-state index in [0.717, 1.165) is 17.9 Å². The van der Waals surface area contributed by atoms with Crippen LogP contribution in [-0.4, -0.2) is 17.4 Å². The average molecular weight is 669 g/mol. The van der Waals surface area contributed by atoms with E-state index in [1.54, 1.807) is 17.5 Å². The van der Waals surface area contributed by atoms with E-state index < -0.39 is 21.3 Å². The Hall–Kier alpha value is -3.23. The van der Waals surface area contributed by atoms with E-state index in [2.05, 4.69) is 127 Å².